The highest BCUT2D eigenvalue weighted by molar-refractivity contribution is 5.78. The first kappa shape index (κ1) is 8.48. The summed E-state index contributed by atoms with van der Waals surface area (Å²) in [5.74, 6) is -1.60. The van der Waals surface area contributed by atoms with Crippen molar-refractivity contribution in [3.63, 3.8) is 0 Å². The number of carboxylic acid groups (broad SMARTS) is 1. The number of aldehydes is 1. The van der Waals surface area contributed by atoms with Crippen molar-refractivity contribution >= 4 is 12.3 Å². The lowest BCUT2D eigenvalue weighted by molar-refractivity contribution is -0.146. The molecular weight excluding hydrogens is 168 g/mol. The van der Waals surface area contributed by atoms with Crippen LogP contribution in [0.5, 0.6) is 0 Å². The number of carboxylic acids is 1. The minimum absolute atomic E-state index is 0.0673. The average Bonchev–Trinajstić information content (AvgIpc) is 2.55. The molecular formula is C10H12O3. The van der Waals surface area contributed by atoms with Crippen LogP contribution in [-0.2, 0) is 9.59 Å². The van der Waals surface area contributed by atoms with Crippen molar-refractivity contribution in [2.45, 2.75) is 13.3 Å². The normalized spacial score (nSPS) is 46.7. The lowest BCUT2D eigenvalue weighted by Crippen LogP contribution is -2.32. The Labute approximate surface area is 76.4 Å². The van der Waals surface area contributed by atoms with Gasteiger partial charge in [-0.3, -0.25) is 4.79 Å². The minimum atomic E-state index is -0.838. The first-order valence-electron chi connectivity index (χ1n) is 4.46. The lowest BCUT2D eigenvalue weighted by Gasteiger charge is -2.26. The molecule has 2 aliphatic rings. The summed E-state index contributed by atoms with van der Waals surface area (Å²) < 4.78 is 0. The second-order valence-electron chi connectivity index (χ2n) is 4.26. The molecule has 0 amide bonds. The van der Waals surface area contributed by atoms with Crippen LogP contribution in [0.3, 0.4) is 0 Å². The number of hydrogen-bond acceptors (Lipinski definition) is 2. The number of carbonyl (C=O) groups excluding carboxylic acids is 1. The third-order valence-corrected chi connectivity index (χ3v) is 3.44. The first-order valence-corrected chi connectivity index (χ1v) is 4.46. The second-order valence-corrected chi connectivity index (χ2v) is 4.26. The molecule has 0 aromatic carbocycles. The SMILES string of the molecule is CC12C=CC(C1)C(C(=O)O)C2C=O. The Kier molecular flexibility index (Phi) is 1.59. The second kappa shape index (κ2) is 2.44. The fourth-order valence-corrected chi connectivity index (χ4v) is 2.73. The van der Waals surface area contributed by atoms with E-state index in [2.05, 4.69) is 0 Å². The molecule has 2 rings (SSSR count). The Morgan fingerprint density at radius 3 is 2.85 bits per heavy atom. The highest BCUT2D eigenvalue weighted by Gasteiger charge is 2.54. The largest absolute Gasteiger partial charge is 0.481 e. The van der Waals surface area contributed by atoms with E-state index in [1.807, 2.05) is 19.1 Å². The van der Waals surface area contributed by atoms with Crippen LogP contribution in [0.2, 0.25) is 0 Å². The molecule has 2 aliphatic carbocycles. The van der Waals surface area contributed by atoms with Gasteiger partial charge in [0.2, 0.25) is 0 Å². The molecule has 70 valence electrons. The molecule has 0 spiro atoms. The molecule has 4 unspecified atom stereocenters. The number of fused-ring (bicyclic) bond motifs is 2. The summed E-state index contributed by atoms with van der Waals surface area (Å²) in [5.41, 5.74) is -0.199. The van der Waals surface area contributed by atoms with E-state index in [1.165, 1.54) is 0 Å². The van der Waals surface area contributed by atoms with Crippen molar-refractivity contribution < 1.29 is 14.7 Å². The summed E-state index contributed by atoms with van der Waals surface area (Å²) in [5, 5.41) is 8.96. The molecule has 1 saturated carbocycles. The molecule has 1 fully saturated rings. The van der Waals surface area contributed by atoms with Gasteiger partial charge in [0.25, 0.3) is 0 Å². The first-order chi connectivity index (χ1) is 6.08. The van der Waals surface area contributed by atoms with Gasteiger partial charge in [0.05, 0.1) is 5.92 Å². The zero-order chi connectivity index (χ0) is 9.64. The number of carbonyl (C=O) groups is 2. The van der Waals surface area contributed by atoms with Gasteiger partial charge in [-0.15, -0.1) is 0 Å². The number of hydrogen-bond donors (Lipinski definition) is 1. The van der Waals surface area contributed by atoms with E-state index in [0.29, 0.717) is 0 Å². The van der Waals surface area contributed by atoms with Gasteiger partial charge in [-0.05, 0) is 17.8 Å². The topological polar surface area (TPSA) is 54.4 Å². The van der Waals surface area contributed by atoms with Crippen molar-refractivity contribution in [3.8, 4) is 0 Å². The summed E-state index contributed by atoms with van der Waals surface area (Å²) in [6.45, 7) is 1.96. The van der Waals surface area contributed by atoms with Crippen LogP contribution in [-0.4, -0.2) is 17.4 Å². The summed E-state index contributed by atoms with van der Waals surface area (Å²) >= 11 is 0. The molecule has 13 heavy (non-hydrogen) atoms. The highest BCUT2D eigenvalue weighted by atomic mass is 16.4. The van der Waals surface area contributed by atoms with Gasteiger partial charge >= 0.3 is 5.97 Å². The molecule has 4 atom stereocenters. The van der Waals surface area contributed by atoms with Crippen LogP contribution in [0.25, 0.3) is 0 Å². The summed E-state index contributed by atoms with van der Waals surface area (Å²) in [6, 6.07) is 0. The average molecular weight is 180 g/mol. The van der Waals surface area contributed by atoms with E-state index in [9.17, 15) is 9.59 Å². The van der Waals surface area contributed by atoms with Crippen LogP contribution in [0, 0.1) is 23.2 Å². The van der Waals surface area contributed by atoms with Crippen molar-refractivity contribution in [3.05, 3.63) is 12.2 Å². The fraction of sp³-hybridized carbons (Fsp3) is 0.600. The fourth-order valence-electron chi connectivity index (χ4n) is 2.73. The Bertz CT molecular complexity index is 295. The number of allylic oxidation sites excluding steroid dienone is 2. The quantitative estimate of drug-likeness (QED) is 0.511. The van der Waals surface area contributed by atoms with E-state index in [1.54, 1.807) is 0 Å². The monoisotopic (exact) mass is 180 g/mol. The van der Waals surface area contributed by atoms with Gasteiger partial charge in [0, 0.05) is 5.92 Å². The third-order valence-electron chi connectivity index (χ3n) is 3.44. The van der Waals surface area contributed by atoms with Gasteiger partial charge in [-0.2, -0.15) is 0 Å². The van der Waals surface area contributed by atoms with E-state index >= 15 is 0 Å². The molecule has 1 N–H and O–H groups in total. The van der Waals surface area contributed by atoms with Gasteiger partial charge in [0.15, 0.2) is 0 Å². The van der Waals surface area contributed by atoms with Crippen molar-refractivity contribution in [1.29, 1.82) is 0 Å². The van der Waals surface area contributed by atoms with Crippen LogP contribution in [0.1, 0.15) is 13.3 Å². The molecule has 0 aromatic heterocycles. The standard InChI is InChI=1S/C10H12O3/c1-10-3-2-6(4-10)8(9(12)13)7(10)5-11/h2-3,5-8H,4H2,1H3,(H,12,13). The Balaban J connectivity index is 2.38. The zero-order valence-corrected chi connectivity index (χ0v) is 7.43. The molecule has 0 aromatic rings. The van der Waals surface area contributed by atoms with Gasteiger partial charge in [-0.25, -0.2) is 0 Å². The predicted molar refractivity (Wildman–Crippen MR) is 46.0 cm³/mol. The smallest absolute Gasteiger partial charge is 0.307 e. The minimum Gasteiger partial charge on any atom is -0.481 e. The van der Waals surface area contributed by atoms with Gasteiger partial charge < -0.3 is 9.90 Å². The van der Waals surface area contributed by atoms with E-state index in [0.717, 1.165) is 12.7 Å². The number of rotatable bonds is 2. The lowest BCUT2D eigenvalue weighted by atomic mass is 9.76. The Morgan fingerprint density at radius 1 is 1.69 bits per heavy atom. The molecule has 0 radical (unpaired) electrons. The van der Waals surface area contributed by atoms with E-state index in [-0.39, 0.29) is 17.3 Å². The molecule has 0 aliphatic heterocycles. The van der Waals surface area contributed by atoms with E-state index in [4.69, 9.17) is 5.11 Å². The van der Waals surface area contributed by atoms with Crippen molar-refractivity contribution in [2.24, 2.45) is 23.2 Å². The maximum atomic E-state index is 10.9. The molecule has 0 heterocycles. The maximum Gasteiger partial charge on any atom is 0.307 e. The predicted octanol–water partition coefficient (Wildman–Crippen LogP) is 1.10. The van der Waals surface area contributed by atoms with Crippen molar-refractivity contribution in [1.82, 2.24) is 0 Å². The molecule has 3 nitrogen and oxygen atoms in total. The molecule has 2 bridgehead atoms. The van der Waals surface area contributed by atoms with E-state index < -0.39 is 11.9 Å². The van der Waals surface area contributed by atoms with Crippen LogP contribution >= 0.6 is 0 Å². The van der Waals surface area contributed by atoms with Crippen LogP contribution < -0.4 is 0 Å². The highest BCUT2D eigenvalue weighted by Crippen LogP contribution is 2.55. The Hall–Kier alpha value is -1.12. The van der Waals surface area contributed by atoms with Gasteiger partial charge in [-0.1, -0.05) is 19.1 Å². The van der Waals surface area contributed by atoms with Crippen molar-refractivity contribution in [2.75, 3.05) is 0 Å². The summed E-state index contributed by atoms with van der Waals surface area (Å²) in [6.07, 6.45) is 5.56. The number of aliphatic carboxylic acids is 1. The molecule has 0 saturated heterocycles. The summed E-state index contributed by atoms with van der Waals surface area (Å²) in [7, 11) is 0. The maximum absolute atomic E-state index is 10.9. The van der Waals surface area contributed by atoms with Gasteiger partial charge in [0.1, 0.15) is 6.29 Å². The molecule has 3 heteroatoms. The summed E-state index contributed by atoms with van der Waals surface area (Å²) in [4.78, 5) is 21.7. The third kappa shape index (κ3) is 0.961. The Morgan fingerprint density at radius 2 is 2.38 bits per heavy atom. The van der Waals surface area contributed by atoms with Crippen LogP contribution in [0.15, 0.2) is 12.2 Å². The van der Waals surface area contributed by atoms with Crippen LogP contribution in [0.4, 0.5) is 0 Å². The zero-order valence-electron chi connectivity index (χ0n) is 7.43.